The van der Waals surface area contributed by atoms with E-state index in [0.29, 0.717) is 26.2 Å². The number of nitrogens with zero attached hydrogens (tertiary/aromatic N) is 5. The van der Waals surface area contributed by atoms with E-state index in [2.05, 4.69) is 24.3 Å². The molecule has 0 spiro atoms. The van der Waals surface area contributed by atoms with Gasteiger partial charge in [-0.05, 0) is 37.8 Å². The molecule has 0 unspecified atom stereocenters. The molecule has 2 aromatic heterocycles. The zero-order valence-corrected chi connectivity index (χ0v) is 19.8. The molecule has 1 fully saturated rings. The van der Waals surface area contributed by atoms with Crippen molar-refractivity contribution in [1.29, 1.82) is 0 Å². The summed E-state index contributed by atoms with van der Waals surface area (Å²) in [4.78, 5) is 33.3. The van der Waals surface area contributed by atoms with E-state index in [-0.39, 0.29) is 25.4 Å². The van der Waals surface area contributed by atoms with Gasteiger partial charge in [-0.2, -0.15) is 5.10 Å². The lowest BCUT2D eigenvalue weighted by molar-refractivity contribution is 0.0766. The Kier molecular flexibility index (Phi) is 6.95. The van der Waals surface area contributed by atoms with Gasteiger partial charge in [0.15, 0.2) is 5.65 Å². The highest BCUT2D eigenvalue weighted by atomic mass is 16.2. The number of hydrogen-bond donors (Lipinski definition) is 2. The number of pyridine rings is 1. The third kappa shape index (κ3) is 4.42. The van der Waals surface area contributed by atoms with Gasteiger partial charge in [0.2, 0.25) is 0 Å². The van der Waals surface area contributed by atoms with Gasteiger partial charge < -0.3 is 20.9 Å². The number of nitrogens with two attached hydrogens (primary N) is 1. The Morgan fingerprint density at radius 1 is 1.20 bits per heavy atom. The van der Waals surface area contributed by atoms with E-state index in [1.807, 2.05) is 40.0 Å². The van der Waals surface area contributed by atoms with Gasteiger partial charge >= 0.3 is 6.03 Å². The maximum Gasteiger partial charge on any atom is 0.314 e. The summed E-state index contributed by atoms with van der Waals surface area (Å²) in [5.74, 6) is 0.0581. The van der Waals surface area contributed by atoms with Crippen LogP contribution in [0.2, 0.25) is 0 Å². The fourth-order valence-electron chi connectivity index (χ4n) is 5.12. The molecule has 1 saturated heterocycles. The van der Waals surface area contributed by atoms with Gasteiger partial charge in [0.05, 0.1) is 23.8 Å². The van der Waals surface area contributed by atoms with Crippen LogP contribution in [0.25, 0.3) is 11.0 Å². The number of anilines is 1. The van der Waals surface area contributed by atoms with Crippen molar-refractivity contribution < 1.29 is 9.59 Å². The highest BCUT2D eigenvalue weighted by molar-refractivity contribution is 5.98. The van der Waals surface area contributed by atoms with Gasteiger partial charge in [0.25, 0.3) is 5.91 Å². The highest BCUT2D eigenvalue weighted by Gasteiger charge is 2.30. The summed E-state index contributed by atoms with van der Waals surface area (Å²) in [5, 5.41) is 9.29. The Balaban J connectivity index is 0.00000289. The van der Waals surface area contributed by atoms with E-state index >= 15 is 0 Å². The van der Waals surface area contributed by atoms with Crippen LogP contribution in [0.15, 0.2) is 30.5 Å². The second kappa shape index (κ2) is 9.93. The summed E-state index contributed by atoms with van der Waals surface area (Å²) in [6, 6.07) is 7.64. The summed E-state index contributed by atoms with van der Waals surface area (Å²) in [6.07, 6.45) is 4.24. The quantitative estimate of drug-likeness (QED) is 0.562. The van der Waals surface area contributed by atoms with Gasteiger partial charge in [0, 0.05) is 49.0 Å². The Morgan fingerprint density at radius 3 is 2.60 bits per heavy atom. The van der Waals surface area contributed by atoms with E-state index in [0.717, 1.165) is 64.9 Å². The summed E-state index contributed by atoms with van der Waals surface area (Å²) < 4.78 is 1.91. The normalized spacial score (nSPS) is 15.9. The van der Waals surface area contributed by atoms with E-state index in [1.54, 1.807) is 4.90 Å². The second-order valence-corrected chi connectivity index (χ2v) is 9.03. The molecule has 0 saturated carbocycles. The molecule has 186 valence electrons. The van der Waals surface area contributed by atoms with Gasteiger partial charge in [0.1, 0.15) is 0 Å². The summed E-state index contributed by atoms with van der Waals surface area (Å²) >= 11 is 0. The van der Waals surface area contributed by atoms with Gasteiger partial charge in [-0.25, -0.2) is 14.5 Å². The Hall–Kier alpha value is -3.62. The van der Waals surface area contributed by atoms with E-state index in [1.165, 1.54) is 0 Å². The van der Waals surface area contributed by atoms with Crippen molar-refractivity contribution in [3.05, 3.63) is 52.8 Å². The number of fused-ring (bicyclic) bond motifs is 2. The van der Waals surface area contributed by atoms with Crippen molar-refractivity contribution >= 4 is 28.7 Å². The van der Waals surface area contributed by atoms with Gasteiger partial charge in [-0.1, -0.05) is 32.5 Å². The number of urea groups is 1. The number of rotatable bonds is 6. The molecule has 2 aliphatic rings. The average Bonchev–Trinajstić information content (AvgIpc) is 3.41. The number of hydrogen-bond acceptors (Lipinski definition) is 5. The minimum absolute atomic E-state index is 0. The van der Waals surface area contributed by atoms with Crippen LogP contribution in [-0.4, -0.2) is 55.6 Å². The molecule has 35 heavy (non-hydrogen) atoms. The number of aromatic nitrogens is 3. The van der Waals surface area contributed by atoms with Crippen LogP contribution in [0.4, 0.5) is 10.5 Å². The SMILES string of the molecule is C.CCc1nc2c(cnn2CC)c(NC2CCN(C(N)=O)CC2)c1CN1Cc2ccccc2C1=O. The Bertz CT molecular complexity index is 1240. The summed E-state index contributed by atoms with van der Waals surface area (Å²) in [6.45, 7) is 7.23. The number of piperidine rings is 1. The van der Waals surface area contributed by atoms with Crippen LogP contribution in [0.1, 0.15) is 61.3 Å². The highest BCUT2D eigenvalue weighted by Crippen LogP contribution is 2.34. The number of aryl methyl sites for hydroxylation is 2. The van der Waals surface area contributed by atoms with E-state index in [4.69, 9.17) is 10.7 Å². The first-order valence-electron chi connectivity index (χ1n) is 12.1. The first-order valence-corrected chi connectivity index (χ1v) is 12.1. The lowest BCUT2D eigenvalue weighted by Gasteiger charge is -2.33. The molecular formula is C26H35N7O2. The molecule has 3 amide bonds. The monoisotopic (exact) mass is 477 g/mol. The first kappa shape index (κ1) is 24.5. The lowest BCUT2D eigenvalue weighted by Crippen LogP contribution is -2.44. The number of benzene rings is 1. The van der Waals surface area contributed by atoms with Crippen molar-refractivity contribution in [2.45, 2.75) is 66.2 Å². The van der Waals surface area contributed by atoms with Gasteiger partial charge in [-0.3, -0.25) is 4.79 Å². The van der Waals surface area contributed by atoms with Crippen LogP contribution in [0.3, 0.4) is 0 Å². The molecule has 1 aromatic carbocycles. The summed E-state index contributed by atoms with van der Waals surface area (Å²) in [7, 11) is 0. The molecule has 3 aromatic rings. The largest absolute Gasteiger partial charge is 0.381 e. The first-order chi connectivity index (χ1) is 16.5. The van der Waals surface area contributed by atoms with Gasteiger partial charge in [-0.15, -0.1) is 0 Å². The van der Waals surface area contributed by atoms with Crippen molar-refractivity contribution in [3.8, 4) is 0 Å². The molecule has 0 bridgehead atoms. The molecule has 0 radical (unpaired) electrons. The molecule has 9 nitrogen and oxygen atoms in total. The van der Waals surface area contributed by atoms with E-state index < -0.39 is 0 Å². The zero-order chi connectivity index (χ0) is 23.8. The van der Waals surface area contributed by atoms with Crippen LogP contribution in [0.5, 0.6) is 0 Å². The Labute approximate surface area is 206 Å². The Morgan fingerprint density at radius 2 is 1.94 bits per heavy atom. The maximum atomic E-state index is 13.1. The van der Waals surface area contributed by atoms with E-state index in [9.17, 15) is 9.59 Å². The topological polar surface area (TPSA) is 109 Å². The fraction of sp³-hybridized carbons (Fsp3) is 0.462. The lowest BCUT2D eigenvalue weighted by atomic mass is 10.0. The molecule has 0 atom stereocenters. The average molecular weight is 478 g/mol. The molecule has 3 N–H and O–H groups in total. The number of carbonyl (C=O) groups is 2. The molecular weight excluding hydrogens is 442 g/mol. The standard InChI is InChI=1S/C25H31N7O2.CH4/c1-3-21-20(15-31-14-16-7-5-6-8-18(16)24(31)33)22(19-13-27-32(4-2)23(19)29-21)28-17-9-11-30(12-10-17)25(26)34;/h5-8,13,17H,3-4,9-12,14-15H2,1-2H3,(H2,26,34)(H,28,29);1H4. The maximum absolute atomic E-state index is 13.1. The van der Waals surface area contributed by atoms with Crippen LogP contribution >= 0.6 is 0 Å². The predicted octanol–water partition coefficient (Wildman–Crippen LogP) is 3.76. The third-order valence-electron chi connectivity index (χ3n) is 7.01. The van der Waals surface area contributed by atoms with Crippen LogP contribution < -0.4 is 11.1 Å². The van der Waals surface area contributed by atoms with Crippen LogP contribution in [0, 0.1) is 0 Å². The van der Waals surface area contributed by atoms with Crippen molar-refractivity contribution in [3.63, 3.8) is 0 Å². The molecule has 4 heterocycles. The number of nitrogens with one attached hydrogen (secondary N) is 1. The minimum Gasteiger partial charge on any atom is -0.381 e. The number of primary amides is 1. The fourth-order valence-corrected chi connectivity index (χ4v) is 5.12. The minimum atomic E-state index is -0.366. The summed E-state index contributed by atoms with van der Waals surface area (Å²) in [5.41, 5.74) is 11.2. The van der Waals surface area contributed by atoms with Crippen LogP contribution in [-0.2, 0) is 26.1 Å². The number of likely N-dealkylation sites (tertiary alicyclic amines) is 1. The third-order valence-corrected chi connectivity index (χ3v) is 7.01. The predicted molar refractivity (Wildman–Crippen MR) is 137 cm³/mol. The number of carbonyl (C=O) groups excluding carboxylic acids is 2. The second-order valence-electron chi connectivity index (χ2n) is 9.03. The zero-order valence-electron chi connectivity index (χ0n) is 19.8. The molecule has 2 aliphatic heterocycles. The van der Waals surface area contributed by atoms with Crippen molar-refractivity contribution in [2.24, 2.45) is 5.73 Å². The van der Waals surface area contributed by atoms with Crippen molar-refractivity contribution in [1.82, 2.24) is 24.6 Å². The molecule has 5 rings (SSSR count). The molecule has 9 heteroatoms. The van der Waals surface area contributed by atoms with Crippen molar-refractivity contribution in [2.75, 3.05) is 18.4 Å². The molecule has 0 aliphatic carbocycles. The number of amides is 3. The smallest absolute Gasteiger partial charge is 0.314 e.